The van der Waals surface area contributed by atoms with Crippen LogP contribution in [0.5, 0.6) is 0 Å². The molecule has 0 radical (unpaired) electrons. The third-order valence-electron chi connectivity index (χ3n) is 1.98. The van der Waals surface area contributed by atoms with E-state index in [0.29, 0.717) is 5.56 Å². The van der Waals surface area contributed by atoms with Gasteiger partial charge in [-0.3, -0.25) is 4.57 Å². The molecule has 1 aromatic carbocycles. The minimum absolute atomic E-state index is 0.491. The van der Waals surface area contributed by atoms with E-state index in [-0.39, 0.29) is 0 Å². The topological polar surface area (TPSA) is 55.8 Å². The fourth-order valence-electron chi connectivity index (χ4n) is 1.09. The van der Waals surface area contributed by atoms with Gasteiger partial charge in [0, 0.05) is 18.7 Å². The average molecular weight is 295 g/mol. The minimum Gasteiger partial charge on any atom is -0.376 e. The van der Waals surface area contributed by atoms with Crippen molar-refractivity contribution in [2.45, 2.75) is 5.85 Å². The van der Waals surface area contributed by atoms with Crippen molar-refractivity contribution in [3.05, 3.63) is 34.3 Å². The first-order valence-corrected chi connectivity index (χ1v) is 6.58. The van der Waals surface area contributed by atoms with Gasteiger partial charge in [-0.05, 0) is 17.7 Å². The van der Waals surface area contributed by atoms with E-state index < -0.39 is 13.4 Å². The molecular weight excluding hydrogens is 283 g/mol. The molecule has 1 atom stereocenters. The fraction of sp³-hybridized carbons (Fsp3) is 0.333. The monoisotopic (exact) mass is 294 g/mol. The molecule has 0 saturated heterocycles. The average Bonchev–Trinajstić information content (AvgIpc) is 2.28. The van der Waals surface area contributed by atoms with Crippen LogP contribution in [0.4, 0.5) is 0 Å². The van der Waals surface area contributed by atoms with Crippen molar-refractivity contribution in [2.24, 2.45) is 0 Å². The highest BCUT2D eigenvalue weighted by Gasteiger charge is 2.33. The molecule has 0 heterocycles. The van der Waals surface area contributed by atoms with E-state index >= 15 is 0 Å². The molecule has 0 aliphatic carbocycles. The lowest BCUT2D eigenvalue weighted by atomic mass is 10.2. The molecule has 15 heavy (non-hydrogen) atoms. The van der Waals surface area contributed by atoms with Gasteiger partial charge in [0.2, 0.25) is 0 Å². The van der Waals surface area contributed by atoms with Crippen LogP contribution < -0.4 is 0 Å². The summed E-state index contributed by atoms with van der Waals surface area (Å²) in [7, 11) is -0.984. The number of aliphatic hydroxyl groups is 1. The van der Waals surface area contributed by atoms with Crippen LogP contribution >= 0.6 is 23.5 Å². The maximum absolute atomic E-state index is 11.8. The fourth-order valence-corrected chi connectivity index (χ4v) is 2.44. The highest BCUT2D eigenvalue weighted by Crippen LogP contribution is 2.58. The van der Waals surface area contributed by atoms with Crippen molar-refractivity contribution in [1.29, 1.82) is 0 Å². The summed E-state index contributed by atoms with van der Waals surface area (Å²) in [6.07, 6.45) is 0. The van der Waals surface area contributed by atoms with E-state index in [1.807, 2.05) is 0 Å². The van der Waals surface area contributed by atoms with Gasteiger partial charge in [0.1, 0.15) is 0 Å². The molecule has 0 amide bonds. The van der Waals surface area contributed by atoms with Crippen LogP contribution in [0.1, 0.15) is 11.4 Å². The summed E-state index contributed by atoms with van der Waals surface area (Å²) < 4.78 is 22.1. The van der Waals surface area contributed by atoms with E-state index in [1.165, 1.54) is 14.2 Å². The molecule has 84 valence electrons. The molecule has 1 rings (SSSR count). The van der Waals surface area contributed by atoms with Crippen LogP contribution in [-0.2, 0) is 13.6 Å². The second kappa shape index (κ2) is 5.23. The van der Waals surface area contributed by atoms with Crippen LogP contribution in [0.2, 0.25) is 0 Å². The van der Waals surface area contributed by atoms with Crippen molar-refractivity contribution in [2.75, 3.05) is 14.2 Å². The van der Waals surface area contributed by atoms with E-state index in [2.05, 4.69) is 15.9 Å². The highest BCUT2D eigenvalue weighted by atomic mass is 79.9. The van der Waals surface area contributed by atoms with Gasteiger partial charge in [-0.15, -0.1) is 0 Å². The summed E-state index contributed by atoms with van der Waals surface area (Å²) in [5.41, 5.74) is 0.491. The van der Waals surface area contributed by atoms with E-state index in [4.69, 9.17) is 9.05 Å². The zero-order valence-corrected chi connectivity index (χ0v) is 10.9. The summed E-state index contributed by atoms with van der Waals surface area (Å²) in [5.74, 6) is -1.26. The lowest BCUT2D eigenvalue weighted by Crippen LogP contribution is -2.02. The molecule has 4 nitrogen and oxygen atoms in total. The predicted molar refractivity (Wildman–Crippen MR) is 60.7 cm³/mol. The quantitative estimate of drug-likeness (QED) is 0.868. The van der Waals surface area contributed by atoms with Crippen LogP contribution in [0, 0.1) is 0 Å². The molecular formula is C9H12BrO4P. The van der Waals surface area contributed by atoms with Gasteiger partial charge < -0.3 is 14.2 Å². The molecule has 6 heteroatoms. The minimum atomic E-state index is -3.47. The Labute approximate surface area is 96.9 Å². The molecule has 1 N–H and O–H groups in total. The zero-order valence-electron chi connectivity index (χ0n) is 8.38. The summed E-state index contributed by atoms with van der Waals surface area (Å²) in [4.78, 5) is 0. The van der Waals surface area contributed by atoms with E-state index in [9.17, 15) is 9.67 Å². The van der Waals surface area contributed by atoms with Crippen molar-refractivity contribution in [1.82, 2.24) is 0 Å². The van der Waals surface area contributed by atoms with Crippen molar-refractivity contribution < 1.29 is 18.7 Å². The third-order valence-corrected chi connectivity index (χ3v) is 4.42. The second-order valence-electron chi connectivity index (χ2n) is 2.83. The Morgan fingerprint density at radius 2 is 1.73 bits per heavy atom. The Bertz CT molecular complexity index is 357. The van der Waals surface area contributed by atoms with Crippen LogP contribution in [0.25, 0.3) is 0 Å². The van der Waals surface area contributed by atoms with Gasteiger partial charge in [-0.1, -0.05) is 28.1 Å². The summed E-state index contributed by atoms with van der Waals surface area (Å²) >= 11 is 3.27. The maximum atomic E-state index is 11.8. The van der Waals surface area contributed by atoms with Crippen LogP contribution in [0.15, 0.2) is 28.7 Å². The summed E-state index contributed by atoms with van der Waals surface area (Å²) in [5, 5.41) is 9.80. The summed E-state index contributed by atoms with van der Waals surface area (Å²) in [6, 6.07) is 6.79. The number of halogens is 1. The molecule has 0 spiro atoms. The number of hydrogen-bond donors (Lipinski definition) is 1. The van der Waals surface area contributed by atoms with Gasteiger partial charge >= 0.3 is 7.60 Å². The Kier molecular flexibility index (Phi) is 4.49. The molecule has 0 bridgehead atoms. The molecule has 0 aromatic heterocycles. The number of aliphatic hydroxyl groups excluding tert-OH is 1. The van der Waals surface area contributed by atoms with Crippen LogP contribution in [0.3, 0.4) is 0 Å². The first-order chi connectivity index (χ1) is 7.03. The lowest BCUT2D eigenvalue weighted by Gasteiger charge is -2.19. The Morgan fingerprint density at radius 1 is 1.27 bits per heavy atom. The summed E-state index contributed by atoms with van der Waals surface area (Å²) in [6.45, 7) is 0. The van der Waals surface area contributed by atoms with Crippen molar-refractivity contribution in [3.63, 3.8) is 0 Å². The van der Waals surface area contributed by atoms with Gasteiger partial charge in [0.05, 0.1) is 0 Å². The molecule has 0 aliphatic rings. The normalized spacial score (nSPS) is 13.9. The second-order valence-corrected chi connectivity index (χ2v) is 6.04. The number of rotatable bonds is 4. The third kappa shape index (κ3) is 2.89. The SMILES string of the molecule is COP(=O)(OC)[C@H](O)c1ccc(Br)cc1. The van der Waals surface area contributed by atoms with Gasteiger partial charge in [0.15, 0.2) is 5.85 Å². The largest absolute Gasteiger partial charge is 0.376 e. The Hall–Kier alpha value is -0.190. The smallest absolute Gasteiger partial charge is 0.362 e. The van der Waals surface area contributed by atoms with E-state index in [0.717, 1.165) is 4.47 Å². The standard InChI is InChI=1S/C9H12BrO4P/c1-13-15(12,14-2)9(11)7-3-5-8(10)6-4-7/h3-6,9,11H,1-2H3/t9-/m0/s1. The van der Waals surface area contributed by atoms with Gasteiger partial charge in [-0.2, -0.15) is 0 Å². The van der Waals surface area contributed by atoms with Gasteiger partial charge in [0.25, 0.3) is 0 Å². The molecule has 0 fully saturated rings. The number of benzene rings is 1. The lowest BCUT2D eigenvalue weighted by molar-refractivity contribution is 0.176. The maximum Gasteiger partial charge on any atom is 0.362 e. The van der Waals surface area contributed by atoms with Crippen molar-refractivity contribution >= 4 is 23.5 Å². The first kappa shape index (κ1) is 12.9. The molecule has 0 unspecified atom stereocenters. The predicted octanol–water partition coefficient (Wildman–Crippen LogP) is 2.93. The number of hydrogen-bond acceptors (Lipinski definition) is 4. The van der Waals surface area contributed by atoms with Crippen molar-refractivity contribution in [3.8, 4) is 0 Å². The molecule has 0 saturated carbocycles. The Morgan fingerprint density at radius 3 is 2.13 bits per heavy atom. The molecule has 0 aliphatic heterocycles. The zero-order chi connectivity index (χ0) is 11.5. The van der Waals surface area contributed by atoms with E-state index in [1.54, 1.807) is 24.3 Å². The Balaban J connectivity index is 2.98. The molecule has 1 aromatic rings. The first-order valence-electron chi connectivity index (χ1n) is 4.18. The van der Waals surface area contributed by atoms with Gasteiger partial charge in [-0.25, -0.2) is 0 Å². The highest BCUT2D eigenvalue weighted by molar-refractivity contribution is 9.10. The van der Waals surface area contributed by atoms with Crippen LogP contribution in [-0.4, -0.2) is 19.3 Å².